The van der Waals surface area contributed by atoms with Gasteiger partial charge >= 0.3 is 6.09 Å². The molecule has 0 bridgehead atoms. The molecule has 1 aliphatic rings. The molecule has 21 heavy (non-hydrogen) atoms. The Morgan fingerprint density at radius 1 is 1.43 bits per heavy atom. The zero-order valence-corrected chi connectivity index (χ0v) is 14.0. The van der Waals surface area contributed by atoms with Crippen LogP contribution in [0.4, 0.5) is 4.79 Å². The lowest BCUT2D eigenvalue weighted by Gasteiger charge is -2.34. The Hall–Kier alpha value is -0.860. The molecule has 1 atom stereocenters. The second-order valence-electron chi connectivity index (χ2n) is 5.24. The average Bonchev–Trinajstić information content (AvgIpc) is 2.45. The van der Waals surface area contributed by atoms with Gasteiger partial charge in [0.1, 0.15) is 0 Å². The molecule has 1 saturated heterocycles. The van der Waals surface area contributed by atoms with Gasteiger partial charge in [-0.15, -0.1) is 0 Å². The standard InChI is InChI=1S/C13H27N3O4S/c1-4-6-9-15(3)21(18,19)16-10-7-8-12(11-16)14-13(17)20-5-2/h12H,4-11H2,1-3H3,(H,14,17)/t12-/m1/s1. The summed E-state index contributed by atoms with van der Waals surface area (Å²) in [6, 6.07) is -0.188. The molecule has 8 heteroatoms. The number of amides is 1. The highest BCUT2D eigenvalue weighted by Crippen LogP contribution is 2.16. The molecular formula is C13H27N3O4S. The van der Waals surface area contributed by atoms with E-state index in [-0.39, 0.29) is 6.04 Å². The number of ether oxygens (including phenoxy) is 1. The number of rotatable bonds is 7. The van der Waals surface area contributed by atoms with Crippen LogP contribution in [-0.4, -0.2) is 62.5 Å². The van der Waals surface area contributed by atoms with Crippen molar-refractivity contribution in [2.45, 2.75) is 45.6 Å². The van der Waals surface area contributed by atoms with E-state index in [9.17, 15) is 13.2 Å². The molecule has 0 unspecified atom stereocenters. The van der Waals surface area contributed by atoms with Gasteiger partial charge in [0.15, 0.2) is 0 Å². The van der Waals surface area contributed by atoms with E-state index >= 15 is 0 Å². The van der Waals surface area contributed by atoms with Gasteiger partial charge in [0.2, 0.25) is 0 Å². The first-order chi connectivity index (χ1) is 9.91. The first-order valence-corrected chi connectivity index (χ1v) is 8.96. The second kappa shape index (κ2) is 8.55. The molecule has 0 saturated carbocycles. The molecule has 1 amide bonds. The first kappa shape index (κ1) is 18.2. The summed E-state index contributed by atoms with van der Waals surface area (Å²) in [4.78, 5) is 11.4. The maximum absolute atomic E-state index is 12.5. The predicted octanol–water partition coefficient (Wildman–Crippen LogP) is 1.17. The van der Waals surface area contributed by atoms with Crippen molar-refractivity contribution in [3.05, 3.63) is 0 Å². The fourth-order valence-corrected chi connectivity index (χ4v) is 3.78. The van der Waals surface area contributed by atoms with Crippen LogP contribution in [0.5, 0.6) is 0 Å². The van der Waals surface area contributed by atoms with E-state index < -0.39 is 16.3 Å². The monoisotopic (exact) mass is 321 g/mol. The summed E-state index contributed by atoms with van der Waals surface area (Å²) in [5, 5.41) is 2.72. The van der Waals surface area contributed by atoms with E-state index in [2.05, 4.69) is 5.32 Å². The van der Waals surface area contributed by atoms with Crippen molar-refractivity contribution < 1.29 is 17.9 Å². The minimum atomic E-state index is -3.44. The zero-order valence-electron chi connectivity index (χ0n) is 13.2. The van der Waals surface area contributed by atoms with Crippen LogP contribution < -0.4 is 5.32 Å². The van der Waals surface area contributed by atoms with E-state index in [1.165, 1.54) is 8.61 Å². The van der Waals surface area contributed by atoms with Crippen molar-refractivity contribution in [2.24, 2.45) is 0 Å². The van der Waals surface area contributed by atoms with E-state index in [4.69, 9.17) is 4.74 Å². The molecule has 1 heterocycles. The number of nitrogens with zero attached hydrogens (tertiary/aromatic N) is 2. The third-order valence-electron chi connectivity index (χ3n) is 3.53. The smallest absolute Gasteiger partial charge is 0.407 e. The summed E-state index contributed by atoms with van der Waals surface area (Å²) < 4.78 is 32.6. The molecule has 0 spiro atoms. The zero-order chi connectivity index (χ0) is 15.9. The Balaban J connectivity index is 2.60. The molecule has 1 aliphatic heterocycles. The van der Waals surface area contributed by atoms with Crippen molar-refractivity contribution in [1.29, 1.82) is 0 Å². The largest absolute Gasteiger partial charge is 0.450 e. The van der Waals surface area contributed by atoms with Gasteiger partial charge in [0.25, 0.3) is 10.2 Å². The van der Waals surface area contributed by atoms with Gasteiger partial charge in [0, 0.05) is 32.7 Å². The molecule has 0 aromatic heterocycles. The quantitative estimate of drug-likeness (QED) is 0.763. The van der Waals surface area contributed by atoms with Crippen LogP contribution in [-0.2, 0) is 14.9 Å². The second-order valence-corrected chi connectivity index (χ2v) is 7.28. The van der Waals surface area contributed by atoms with Gasteiger partial charge in [-0.05, 0) is 26.2 Å². The number of nitrogens with one attached hydrogen (secondary N) is 1. The third-order valence-corrected chi connectivity index (χ3v) is 5.48. The van der Waals surface area contributed by atoms with Crippen molar-refractivity contribution in [3.8, 4) is 0 Å². The van der Waals surface area contributed by atoms with Crippen molar-refractivity contribution in [3.63, 3.8) is 0 Å². The minimum Gasteiger partial charge on any atom is -0.450 e. The Kier molecular flexibility index (Phi) is 7.41. The van der Waals surface area contributed by atoms with Gasteiger partial charge in [0.05, 0.1) is 6.61 Å². The molecule has 0 aliphatic carbocycles. The predicted molar refractivity (Wildman–Crippen MR) is 81.2 cm³/mol. The number of hydrogen-bond acceptors (Lipinski definition) is 4. The fourth-order valence-electron chi connectivity index (χ4n) is 2.30. The Bertz CT molecular complexity index is 427. The maximum Gasteiger partial charge on any atom is 0.407 e. The number of piperidine rings is 1. The van der Waals surface area contributed by atoms with E-state index in [1.807, 2.05) is 6.92 Å². The minimum absolute atomic E-state index is 0.188. The van der Waals surface area contributed by atoms with Crippen LogP contribution in [0.1, 0.15) is 39.5 Å². The first-order valence-electron chi connectivity index (χ1n) is 7.56. The summed E-state index contributed by atoms with van der Waals surface area (Å²) >= 11 is 0. The molecule has 1 rings (SSSR count). The van der Waals surface area contributed by atoms with Crippen LogP contribution in [0.25, 0.3) is 0 Å². The lowest BCUT2D eigenvalue weighted by atomic mass is 10.1. The average molecular weight is 321 g/mol. The Morgan fingerprint density at radius 2 is 2.14 bits per heavy atom. The van der Waals surface area contributed by atoms with Crippen LogP contribution in [0.2, 0.25) is 0 Å². The summed E-state index contributed by atoms with van der Waals surface area (Å²) in [6.45, 7) is 5.39. The number of carbonyl (C=O) groups excluding carboxylic acids is 1. The van der Waals surface area contributed by atoms with Gasteiger partial charge in [-0.1, -0.05) is 13.3 Å². The summed E-state index contributed by atoms with van der Waals surface area (Å²) in [6.07, 6.45) is 2.81. The molecule has 0 radical (unpaired) electrons. The lowest BCUT2D eigenvalue weighted by molar-refractivity contribution is 0.142. The number of unbranched alkanes of at least 4 members (excludes halogenated alkanes) is 1. The number of alkyl carbamates (subject to hydrolysis) is 1. The van der Waals surface area contributed by atoms with Gasteiger partial charge < -0.3 is 10.1 Å². The topological polar surface area (TPSA) is 79.0 Å². The highest BCUT2D eigenvalue weighted by atomic mass is 32.2. The van der Waals surface area contributed by atoms with Gasteiger partial charge in [-0.3, -0.25) is 0 Å². The van der Waals surface area contributed by atoms with E-state index in [0.717, 1.165) is 25.7 Å². The molecule has 0 aromatic carbocycles. The Morgan fingerprint density at radius 3 is 2.76 bits per heavy atom. The number of hydrogen-bond donors (Lipinski definition) is 1. The third kappa shape index (κ3) is 5.44. The van der Waals surface area contributed by atoms with Crippen molar-refractivity contribution in [2.75, 3.05) is 33.3 Å². The maximum atomic E-state index is 12.5. The number of carbonyl (C=O) groups is 1. The van der Waals surface area contributed by atoms with Gasteiger partial charge in [-0.2, -0.15) is 17.0 Å². The molecular weight excluding hydrogens is 294 g/mol. The summed E-state index contributed by atoms with van der Waals surface area (Å²) in [5.74, 6) is 0. The van der Waals surface area contributed by atoms with Crippen LogP contribution in [0.15, 0.2) is 0 Å². The SMILES string of the molecule is CCCCN(C)S(=O)(=O)N1CCC[C@@H](NC(=O)OCC)C1. The molecule has 1 fully saturated rings. The molecule has 0 aromatic rings. The van der Waals surface area contributed by atoms with E-state index in [0.29, 0.717) is 26.2 Å². The highest BCUT2D eigenvalue weighted by molar-refractivity contribution is 7.86. The van der Waals surface area contributed by atoms with Crippen LogP contribution in [0.3, 0.4) is 0 Å². The van der Waals surface area contributed by atoms with Crippen molar-refractivity contribution >= 4 is 16.3 Å². The van der Waals surface area contributed by atoms with Gasteiger partial charge in [-0.25, -0.2) is 4.79 Å². The highest BCUT2D eigenvalue weighted by Gasteiger charge is 2.32. The summed E-state index contributed by atoms with van der Waals surface area (Å²) in [7, 11) is -1.84. The molecule has 124 valence electrons. The fraction of sp³-hybridized carbons (Fsp3) is 0.923. The van der Waals surface area contributed by atoms with Crippen LogP contribution in [0, 0.1) is 0 Å². The van der Waals surface area contributed by atoms with Crippen molar-refractivity contribution in [1.82, 2.24) is 13.9 Å². The van der Waals surface area contributed by atoms with Crippen LogP contribution >= 0.6 is 0 Å². The lowest BCUT2D eigenvalue weighted by Crippen LogP contribution is -2.52. The molecule has 7 nitrogen and oxygen atoms in total. The molecule has 1 N–H and O–H groups in total. The Labute approximate surface area is 127 Å². The summed E-state index contributed by atoms with van der Waals surface area (Å²) in [5.41, 5.74) is 0. The normalized spacial score (nSPS) is 20.5. The van der Waals surface area contributed by atoms with E-state index in [1.54, 1.807) is 14.0 Å².